The molecular formula is C21H20O2. The Morgan fingerprint density at radius 1 is 0.652 bits per heavy atom. The normalized spacial score (nSPS) is 10.4. The fraction of sp³-hybridized carbons (Fsp3) is 0.143. The van der Waals surface area contributed by atoms with Crippen LogP contribution < -0.4 is 9.47 Å². The lowest BCUT2D eigenvalue weighted by molar-refractivity contribution is 0.398. The van der Waals surface area contributed by atoms with Crippen molar-refractivity contribution in [3.63, 3.8) is 0 Å². The number of methoxy groups -OCH3 is 2. The Labute approximate surface area is 137 Å². The van der Waals surface area contributed by atoms with E-state index in [0.29, 0.717) is 0 Å². The van der Waals surface area contributed by atoms with Crippen molar-refractivity contribution in [1.29, 1.82) is 0 Å². The summed E-state index contributed by atoms with van der Waals surface area (Å²) in [6.07, 6.45) is 0. The minimum absolute atomic E-state index is 0.816. The number of ether oxygens (including phenoxy) is 2. The van der Waals surface area contributed by atoms with Gasteiger partial charge in [0.15, 0.2) is 0 Å². The van der Waals surface area contributed by atoms with E-state index in [-0.39, 0.29) is 0 Å². The number of rotatable bonds is 4. The SMILES string of the molecule is COc1ccc(-c2ccccc2)c(OC)c1-c1ccccc1C. The number of benzene rings is 3. The molecule has 0 N–H and O–H groups in total. The summed E-state index contributed by atoms with van der Waals surface area (Å²) in [4.78, 5) is 0. The van der Waals surface area contributed by atoms with Crippen LogP contribution in [0, 0.1) is 6.92 Å². The van der Waals surface area contributed by atoms with Crippen LogP contribution in [0.1, 0.15) is 5.56 Å². The summed E-state index contributed by atoms with van der Waals surface area (Å²) in [5, 5.41) is 0. The van der Waals surface area contributed by atoms with Gasteiger partial charge in [0.1, 0.15) is 11.5 Å². The first kappa shape index (κ1) is 15.2. The van der Waals surface area contributed by atoms with Gasteiger partial charge in [-0.25, -0.2) is 0 Å². The van der Waals surface area contributed by atoms with Crippen LogP contribution in [-0.4, -0.2) is 14.2 Å². The van der Waals surface area contributed by atoms with Crippen molar-refractivity contribution in [2.75, 3.05) is 14.2 Å². The molecule has 0 unspecified atom stereocenters. The maximum absolute atomic E-state index is 5.80. The summed E-state index contributed by atoms with van der Waals surface area (Å²) >= 11 is 0. The highest BCUT2D eigenvalue weighted by atomic mass is 16.5. The van der Waals surface area contributed by atoms with Crippen LogP contribution in [0.15, 0.2) is 66.7 Å². The van der Waals surface area contributed by atoms with Gasteiger partial charge < -0.3 is 9.47 Å². The third kappa shape index (κ3) is 2.80. The Kier molecular flexibility index (Phi) is 4.33. The van der Waals surface area contributed by atoms with Crippen molar-refractivity contribution in [2.45, 2.75) is 6.92 Å². The fourth-order valence-electron chi connectivity index (χ4n) is 2.90. The highest BCUT2D eigenvalue weighted by Gasteiger charge is 2.18. The zero-order chi connectivity index (χ0) is 16.2. The van der Waals surface area contributed by atoms with Crippen LogP contribution in [0.5, 0.6) is 11.5 Å². The Morgan fingerprint density at radius 3 is 2.00 bits per heavy atom. The molecule has 0 aliphatic heterocycles. The summed E-state index contributed by atoms with van der Waals surface area (Å²) in [6.45, 7) is 2.10. The summed E-state index contributed by atoms with van der Waals surface area (Å²) in [5.41, 5.74) is 5.50. The van der Waals surface area contributed by atoms with Gasteiger partial charge in [-0.1, -0.05) is 54.6 Å². The smallest absolute Gasteiger partial charge is 0.138 e. The van der Waals surface area contributed by atoms with Crippen LogP contribution in [-0.2, 0) is 0 Å². The number of hydrogen-bond donors (Lipinski definition) is 0. The lowest BCUT2D eigenvalue weighted by Crippen LogP contribution is -1.97. The molecule has 0 aliphatic rings. The zero-order valence-electron chi connectivity index (χ0n) is 13.7. The van der Waals surface area contributed by atoms with Gasteiger partial charge in [0.25, 0.3) is 0 Å². The van der Waals surface area contributed by atoms with E-state index in [4.69, 9.17) is 9.47 Å². The lowest BCUT2D eigenvalue weighted by Gasteiger charge is -2.18. The highest BCUT2D eigenvalue weighted by Crippen LogP contribution is 2.45. The molecule has 23 heavy (non-hydrogen) atoms. The molecule has 116 valence electrons. The van der Waals surface area contributed by atoms with Gasteiger partial charge >= 0.3 is 0 Å². The van der Waals surface area contributed by atoms with E-state index >= 15 is 0 Å². The second-order valence-electron chi connectivity index (χ2n) is 5.40. The third-order valence-corrected chi connectivity index (χ3v) is 4.04. The largest absolute Gasteiger partial charge is 0.496 e. The minimum Gasteiger partial charge on any atom is -0.496 e. The molecule has 0 fully saturated rings. The first-order valence-corrected chi connectivity index (χ1v) is 7.62. The van der Waals surface area contributed by atoms with Crippen molar-refractivity contribution in [1.82, 2.24) is 0 Å². The van der Waals surface area contributed by atoms with E-state index in [1.54, 1.807) is 14.2 Å². The maximum Gasteiger partial charge on any atom is 0.138 e. The Morgan fingerprint density at radius 2 is 1.35 bits per heavy atom. The Bertz CT molecular complexity index is 807. The molecule has 0 radical (unpaired) electrons. The van der Waals surface area contributed by atoms with Gasteiger partial charge in [-0.3, -0.25) is 0 Å². The highest BCUT2D eigenvalue weighted by molar-refractivity contribution is 5.87. The van der Waals surface area contributed by atoms with E-state index in [9.17, 15) is 0 Å². The van der Waals surface area contributed by atoms with Crippen molar-refractivity contribution in [3.05, 3.63) is 72.3 Å². The van der Waals surface area contributed by atoms with Crippen molar-refractivity contribution in [3.8, 4) is 33.8 Å². The van der Waals surface area contributed by atoms with E-state index in [1.165, 1.54) is 5.56 Å². The molecule has 0 aliphatic carbocycles. The second kappa shape index (κ2) is 6.57. The van der Waals surface area contributed by atoms with Crippen molar-refractivity contribution < 1.29 is 9.47 Å². The predicted molar refractivity (Wildman–Crippen MR) is 95.2 cm³/mol. The molecule has 0 amide bonds. The molecule has 0 heterocycles. The first-order valence-electron chi connectivity index (χ1n) is 7.62. The summed E-state index contributed by atoms with van der Waals surface area (Å²) in [7, 11) is 3.40. The Hall–Kier alpha value is -2.74. The number of hydrogen-bond acceptors (Lipinski definition) is 2. The van der Waals surface area contributed by atoms with Crippen LogP contribution >= 0.6 is 0 Å². The van der Waals surface area contributed by atoms with Gasteiger partial charge in [-0.15, -0.1) is 0 Å². The van der Waals surface area contributed by atoms with Crippen LogP contribution in [0.3, 0.4) is 0 Å². The van der Waals surface area contributed by atoms with Gasteiger partial charge in [-0.05, 0) is 35.7 Å². The molecule has 2 heteroatoms. The summed E-state index contributed by atoms with van der Waals surface area (Å²) < 4.78 is 11.4. The molecule has 2 nitrogen and oxygen atoms in total. The second-order valence-corrected chi connectivity index (χ2v) is 5.40. The average Bonchev–Trinajstić information content (AvgIpc) is 2.61. The molecule has 3 rings (SSSR count). The quantitative estimate of drug-likeness (QED) is 0.647. The molecule has 0 bridgehead atoms. The fourth-order valence-corrected chi connectivity index (χ4v) is 2.90. The molecule has 0 spiro atoms. The molecule has 0 aromatic heterocycles. The lowest BCUT2D eigenvalue weighted by atomic mass is 9.94. The molecule has 0 saturated heterocycles. The standard InChI is InChI=1S/C21H20O2/c1-15-9-7-8-12-17(15)20-19(22-2)14-13-18(21(20)23-3)16-10-5-4-6-11-16/h4-14H,1-3H3. The van der Waals surface area contributed by atoms with Crippen molar-refractivity contribution >= 4 is 0 Å². The topological polar surface area (TPSA) is 18.5 Å². The van der Waals surface area contributed by atoms with E-state index < -0.39 is 0 Å². The van der Waals surface area contributed by atoms with Gasteiger partial charge in [-0.2, -0.15) is 0 Å². The predicted octanol–water partition coefficient (Wildman–Crippen LogP) is 5.35. The number of aryl methyl sites for hydroxylation is 1. The summed E-state index contributed by atoms with van der Waals surface area (Å²) in [6, 6.07) is 22.6. The maximum atomic E-state index is 5.80. The Balaban J connectivity index is 2.31. The van der Waals surface area contributed by atoms with Gasteiger partial charge in [0.05, 0.1) is 19.8 Å². The molecule has 0 saturated carbocycles. The molecule has 0 atom stereocenters. The molecule has 3 aromatic carbocycles. The van der Waals surface area contributed by atoms with Crippen LogP contribution in [0.25, 0.3) is 22.3 Å². The van der Waals surface area contributed by atoms with Gasteiger partial charge in [0.2, 0.25) is 0 Å². The van der Waals surface area contributed by atoms with Gasteiger partial charge in [0, 0.05) is 5.56 Å². The summed E-state index contributed by atoms with van der Waals surface area (Å²) in [5.74, 6) is 1.65. The molecular weight excluding hydrogens is 284 g/mol. The average molecular weight is 304 g/mol. The van der Waals surface area contributed by atoms with E-state index in [2.05, 4.69) is 37.3 Å². The zero-order valence-corrected chi connectivity index (χ0v) is 13.7. The van der Waals surface area contributed by atoms with E-state index in [1.807, 2.05) is 36.4 Å². The van der Waals surface area contributed by atoms with Crippen LogP contribution in [0.4, 0.5) is 0 Å². The van der Waals surface area contributed by atoms with E-state index in [0.717, 1.165) is 33.8 Å². The third-order valence-electron chi connectivity index (χ3n) is 4.04. The monoisotopic (exact) mass is 304 g/mol. The molecule has 3 aromatic rings. The first-order chi connectivity index (χ1) is 11.3. The van der Waals surface area contributed by atoms with Crippen molar-refractivity contribution in [2.24, 2.45) is 0 Å². The minimum atomic E-state index is 0.816. The van der Waals surface area contributed by atoms with Crippen LogP contribution in [0.2, 0.25) is 0 Å².